The van der Waals surface area contributed by atoms with Gasteiger partial charge in [-0.05, 0) is 24.5 Å². The lowest BCUT2D eigenvalue weighted by molar-refractivity contribution is 0.0464. The third-order valence-corrected chi connectivity index (χ3v) is 3.12. The number of nitrogens with one attached hydrogen (secondary N) is 1. The van der Waals surface area contributed by atoms with Gasteiger partial charge in [-0.25, -0.2) is 4.79 Å². The van der Waals surface area contributed by atoms with E-state index in [-0.39, 0.29) is 11.9 Å². The monoisotopic (exact) mass is 235 g/mol. The van der Waals surface area contributed by atoms with Crippen LogP contribution < -0.4 is 5.32 Å². The average Bonchev–Trinajstić information content (AvgIpc) is 2.34. The van der Waals surface area contributed by atoms with Gasteiger partial charge in [0.2, 0.25) is 0 Å². The number of amides is 2. The van der Waals surface area contributed by atoms with Gasteiger partial charge in [-0.15, -0.1) is 0 Å². The van der Waals surface area contributed by atoms with Gasteiger partial charge in [0.15, 0.2) is 0 Å². The first-order valence-corrected chi connectivity index (χ1v) is 5.81. The standard InChI is InChI=1S/C12H17N3O2/c1-9-4-6-15(8-11(9)16)12(17)14-10-3-2-5-13-7-10/h2-3,5,7,9,11,16H,4,6,8H2,1H3,(H,14,17). The third kappa shape index (κ3) is 2.94. The molecule has 0 aromatic carbocycles. The minimum atomic E-state index is -0.427. The Bertz CT molecular complexity index is 383. The van der Waals surface area contributed by atoms with Gasteiger partial charge < -0.3 is 15.3 Å². The summed E-state index contributed by atoms with van der Waals surface area (Å²) in [6.45, 7) is 3.08. The number of carbonyl (C=O) groups excluding carboxylic acids is 1. The molecule has 1 aliphatic rings. The van der Waals surface area contributed by atoms with E-state index in [1.54, 1.807) is 29.4 Å². The highest BCUT2D eigenvalue weighted by atomic mass is 16.3. The van der Waals surface area contributed by atoms with Gasteiger partial charge in [0.05, 0.1) is 18.0 Å². The van der Waals surface area contributed by atoms with E-state index in [9.17, 15) is 9.90 Å². The number of aliphatic hydroxyl groups excluding tert-OH is 1. The van der Waals surface area contributed by atoms with Crippen LogP contribution >= 0.6 is 0 Å². The van der Waals surface area contributed by atoms with Crippen LogP contribution in [0.1, 0.15) is 13.3 Å². The minimum Gasteiger partial charge on any atom is -0.391 e. The molecule has 5 nitrogen and oxygen atoms in total. The SMILES string of the molecule is CC1CCN(C(=O)Nc2cccnc2)CC1O. The zero-order valence-corrected chi connectivity index (χ0v) is 9.84. The summed E-state index contributed by atoms with van der Waals surface area (Å²) in [5, 5.41) is 12.5. The predicted molar refractivity (Wildman–Crippen MR) is 64.6 cm³/mol. The van der Waals surface area contributed by atoms with E-state index in [0.29, 0.717) is 18.8 Å². The fourth-order valence-electron chi connectivity index (χ4n) is 1.87. The molecule has 2 unspecified atom stereocenters. The van der Waals surface area contributed by atoms with Crippen molar-refractivity contribution in [2.24, 2.45) is 5.92 Å². The number of aromatic nitrogens is 1. The molecule has 1 aromatic heterocycles. The van der Waals surface area contributed by atoms with E-state index in [0.717, 1.165) is 6.42 Å². The summed E-state index contributed by atoms with van der Waals surface area (Å²) >= 11 is 0. The fraction of sp³-hybridized carbons (Fsp3) is 0.500. The Balaban J connectivity index is 1.93. The normalized spacial score (nSPS) is 24.5. The summed E-state index contributed by atoms with van der Waals surface area (Å²) < 4.78 is 0. The Kier molecular flexibility index (Phi) is 3.58. The molecule has 1 fully saturated rings. The van der Waals surface area contributed by atoms with Crippen LogP contribution in [0.2, 0.25) is 0 Å². The second kappa shape index (κ2) is 5.14. The van der Waals surface area contributed by atoms with E-state index in [1.165, 1.54) is 0 Å². The lowest BCUT2D eigenvalue weighted by Crippen LogP contribution is -2.47. The molecule has 2 rings (SSSR count). The topological polar surface area (TPSA) is 65.5 Å². The lowest BCUT2D eigenvalue weighted by atomic mass is 9.96. The molecule has 0 radical (unpaired) electrons. The molecule has 0 spiro atoms. The Labute approximate surface area is 100 Å². The maximum Gasteiger partial charge on any atom is 0.321 e. The number of rotatable bonds is 1. The number of hydrogen-bond acceptors (Lipinski definition) is 3. The molecule has 0 bridgehead atoms. The van der Waals surface area contributed by atoms with Gasteiger partial charge in [0.1, 0.15) is 0 Å². The number of anilines is 1. The molecule has 2 atom stereocenters. The molecule has 5 heteroatoms. The van der Waals surface area contributed by atoms with Crippen molar-refractivity contribution in [2.75, 3.05) is 18.4 Å². The van der Waals surface area contributed by atoms with Crippen LogP contribution in [0.5, 0.6) is 0 Å². The second-order valence-corrected chi connectivity index (χ2v) is 4.45. The summed E-state index contributed by atoms with van der Waals surface area (Å²) in [6, 6.07) is 3.38. The van der Waals surface area contributed by atoms with Gasteiger partial charge in [0, 0.05) is 19.3 Å². The highest BCUT2D eigenvalue weighted by molar-refractivity contribution is 5.89. The zero-order chi connectivity index (χ0) is 12.3. The molecule has 2 N–H and O–H groups in total. The average molecular weight is 235 g/mol. The quantitative estimate of drug-likeness (QED) is 0.771. The van der Waals surface area contributed by atoms with Crippen LogP contribution in [0, 0.1) is 5.92 Å². The number of hydrogen-bond donors (Lipinski definition) is 2. The Morgan fingerprint density at radius 1 is 1.65 bits per heavy atom. The molecular formula is C12H17N3O2. The highest BCUT2D eigenvalue weighted by Gasteiger charge is 2.27. The molecule has 2 amide bonds. The molecule has 1 saturated heterocycles. The van der Waals surface area contributed by atoms with E-state index < -0.39 is 6.10 Å². The van der Waals surface area contributed by atoms with Crippen LogP contribution in [-0.4, -0.2) is 40.2 Å². The van der Waals surface area contributed by atoms with Crippen molar-refractivity contribution in [1.29, 1.82) is 0 Å². The van der Waals surface area contributed by atoms with Crippen LogP contribution in [0.15, 0.2) is 24.5 Å². The highest BCUT2D eigenvalue weighted by Crippen LogP contribution is 2.17. The second-order valence-electron chi connectivity index (χ2n) is 4.45. The Morgan fingerprint density at radius 3 is 3.12 bits per heavy atom. The summed E-state index contributed by atoms with van der Waals surface area (Å²) in [5.74, 6) is 0.262. The van der Waals surface area contributed by atoms with Crippen molar-refractivity contribution >= 4 is 11.7 Å². The summed E-state index contributed by atoms with van der Waals surface area (Å²) in [5.41, 5.74) is 0.672. The van der Waals surface area contributed by atoms with Crippen LogP contribution in [0.3, 0.4) is 0 Å². The number of carbonyl (C=O) groups is 1. The first-order valence-electron chi connectivity index (χ1n) is 5.81. The summed E-state index contributed by atoms with van der Waals surface area (Å²) in [7, 11) is 0. The maximum absolute atomic E-state index is 11.9. The number of aliphatic hydroxyl groups is 1. The first kappa shape index (κ1) is 11.9. The van der Waals surface area contributed by atoms with E-state index >= 15 is 0 Å². The van der Waals surface area contributed by atoms with Crippen molar-refractivity contribution < 1.29 is 9.90 Å². The van der Waals surface area contributed by atoms with Crippen LogP contribution in [0.4, 0.5) is 10.5 Å². The molecule has 2 heterocycles. The Morgan fingerprint density at radius 2 is 2.47 bits per heavy atom. The van der Waals surface area contributed by atoms with Gasteiger partial charge in [-0.3, -0.25) is 4.98 Å². The molecule has 17 heavy (non-hydrogen) atoms. The van der Waals surface area contributed by atoms with Gasteiger partial charge in [-0.2, -0.15) is 0 Å². The van der Waals surface area contributed by atoms with Crippen LogP contribution in [-0.2, 0) is 0 Å². The molecule has 92 valence electrons. The van der Waals surface area contributed by atoms with Crippen molar-refractivity contribution in [3.8, 4) is 0 Å². The lowest BCUT2D eigenvalue weighted by Gasteiger charge is -2.34. The number of nitrogens with zero attached hydrogens (tertiary/aromatic N) is 2. The number of likely N-dealkylation sites (tertiary alicyclic amines) is 1. The van der Waals surface area contributed by atoms with E-state index in [4.69, 9.17) is 0 Å². The maximum atomic E-state index is 11.9. The van der Waals surface area contributed by atoms with Gasteiger partial charge in [-0.1, -0.05) is 6.92 Å². The predicted octanol–water partition coefficient (Wildman–Crippen LogP) is 1.32. The molecule has 0 saturated carbocycles. The molecular weight excluding hydrogens is 218 g/mol. The van der Waals surface area contributed by atoms with Crippen molar-refractivity contribution in [3.05, 3.63) is 24.5 Å². The fourth-order valence-corrected chi connectivity index (χ4v) is 1.87. The first-order chi connectivity index (χ1) is 8.16. The van der Waals surface area contributed by atoms with Gasteiger partial charge >= 0.3 is 6.03 Å². The number of urea groups is 1. The van der Waals surface area contributed by atoms with Crippen LogP contribution in [0.25, 0.3) is 0 Å². The van der Waals surface area contributed by atoms with Crippen molar-refractivity contribution in [3.63, 3.8) is 0 Å². The largest absolute Gasteiger partial charge is 0.391 e. The Hall–Kier alpha value is -1.62. The minimum absolute atomic E-state index is 0.177. The van der Waals surface area contributed by atoms with E-state index in [1.807, 2.05) is 6.92 Å². The molecule has 1 aliphatic heterocycles. The third-order valence-electron chi connectivity index (χ3n) is 3.12. The van der Waals surface area contributed by atoms with Gasteiger partial charge in [0.25, 0.3) is 0 Å². The zero-order valence-electron chi connectivity index (χ0n) is 9.84. The molecule has 0 aliphatic carbocycles. The number of piperidine rings is 1. The van der Waals surface area contributed by atoms with E-state index in [2.05, 4.69) is 10.3 Å². The number of β-amino-alcohol motifs (C(OH)–C–C–N with tert-alkyl or cyclic N) is 1. The summed E-state index contributed by atoms with van der Waals surface area (Å²) in [6.07, 6.45) is 3.66. The number of pyridine rings is 1. The van der Waals surface area contributed by atoms with Crippen molar-refractivity contribution in [1.82, 2.24) is 9.88 Å². The molecule has 1 aromatic rings. The smallest absolute Gasteiger partial charge is 0.321 e. The summed E-state index contributed by atoms with van der Waals surface area (Å²) in [4.78, 5) is 17.5. The van der Waals surface area contributed by atoms with Crippen molar-refractivity contribution in [2.45, 2.75) is 19.4 Å².